The molecule has 0 saturated carbocycles. The second-order valence-corrected chi connectivity index (χ2v) is 5.00. The Bertz CT molecular complexity index is 755. The molecule has 0 aromatic heterocycles. The first-order valence-corrected chi connectivity index (χ1v) is 7.32. The molecular weight excluding hydrogens is 308 g/mol. The number of carbonyl (C=O) groups is 1. The molecule has 0 aliphatic rings. The molecule has 0 spiro atoms. The number of aromatic hydroxyl groups is 2. The number of nitrogens with zero attached hydrogens (tertiary/aromatic N) is 1. The Labute approximate surface area is 139 Å². The third-order valence-electron chi connectivity index (χ3n) is 3.20. The summed E-state index contributed by atoms with van der Waals surface area (Å²) in [5.74, 6) is -0.657. The van der Waals surface area contributed by atoms with E-state index < -0.39 is 5.91 Å². The van der Waals surface area contributed by atoms with Gasteiger partial charge in [0.1, 0.15) is 11.5 Å². The van der Waals surface area contributed by atoms with Crippen molar-refractivity contribution in [3.05, 3.63) is 65.2 Å². The van der Waals surface area contributed by atoms with E-state index in [-0.39, 0.29) is 24.5 Å². The maximum absolute atomic E-state index is 12.2. The van der Waals surface area contributed by atoms with Crippen molar-refractivity contribution >= 4 is 18.2 Å². The summed E-state index contributed by atoms with van der Waals surface area (Å²) >= 11 is 0. The quantitative estimate of drug-likeness (QED) is 0.370. The maximum atomic E-state index is 12.2. The summed E-state index contributed by atoms with van der Waals surface area (Å²) in [5.41, 5.74) is 3.94. The number of aliphatic hydroxyl groups is 1. The van der Waals surface area contributed by atoms with Crippen molar-refractivity contribution < 1.29 is 20.1 Å². The van der Waals surface area contributed by atoms with Gasteiger partial charge in [-0.1, -0.05) is 30.3 Å². The van der Waals surface area contributed by atoms with Crippen molar-refractivity contribution in [1.29, 1.82) is 0 Å². The zero-order valence-corrected chi connectivity index (χ0v) is 12.9. The van der Waals surface area contributed by atoms with Crippen LogP contribution in [0.15, 0.2) is 59.2 Å². The van der Waals surface area contributed by atoms with Crippen LogP contribution in [0.1, 0.15) is 17.5 Å². The highest BCUT2D eigenvalue weighted by molar-refractivity contribution is 5.98. The van der Waals surface area contributed by atoms with E-state index in [9.17, 15) is 15.0 Å². The van der Waals surface area contributed by atoms with E-state index in [1.807, 2.05) is 30.3 Å². The lowest BCUT2D eigenvalue weighted by Gasteiger charge is -2.05. The van der Waals surface area contributed by atoms with Crippen LogP contribution in [0.25, 0.3) is 6.08 Å². The largest absolute Gasteiger partial charge is 0.508 e. The normalized spacial score (nSPS) is 11.6. The first kappa shape index (κ1) is 17.2. The fourth-order valence-corrected chi connectivity index (χ4v) is 2.00. The van der Waals surface area contributed by atoms with Crippen molar-refractivity contribution in [1.82, 2.24) is 5.43 Å². The van der Waals surface area contributed by atoms with Crippen molar-refractivity contribution in [3.8, 4) is 11.5 Å². The molecule has 0 bridgehead atoms. The number of hydrogen-bond acceptors (Lipinski definition) is 5. The molecule has 0 aliphatic heterocycles. The lowest BCUT2D eigenvalue weighted by Crippen LogP contribution is -2.20. The average molecular weight is 326 g/mol. The van der Waals surface area contributed by atoms with Gasteiger partial charge in [-0.3, -0.25) is 4.79 Å². The van der Waals surface area contributed by atoms with E-state index in [2.05, 4.69) is 10.5 Å². The van der Waals surface area contributed by atoms with Crippen LogP contribution >= 0.6 is 0 Å². The molecule has 1 amide bonds. The van der Waals surface area contributed by atoms with Gasteiger partial charge in [0.2, 0.25) is 0 Å². The zero-order chi connectivity index (χ0) is 17.4. The molecule has 0 fully saturated rings. The van der Waals surface area contributed by atoms with E-state index in [0.717, 1.165) is 5.56 Å². The Morgan fingerprint density at radius 2 is 1.88 bits per heavy atom. The van der Waals surface area contributed by atoms with Crippen LogP contribution in [0, 0.1) is 0 Å². The molecule has 0 atom stereocenters. The van der Waals surface area contributed by atoms with Crippen LogP contribution in [0.4, 0.5) is 0 Å². The van der Waals surface area contributed by atoms with Gasteiger partial charge in [0.05, 0.1) is 6.21 Å². The number of rotatable bonds is 6. The molecule has 0 unspecified atom stereocenters. The van der Waals surface area contributed by atoms with E-state index in [0.29, 0.717) is 11.1 Å². The first-order valence-electron chi connectivity index (χ1n) is 7.32. The van der Waals surface area contributed by atoms with Gasteiger partial charge in [0.15, 0.2) is 0 Å². The van der Waals surface area contributed by atoms with Crippen molar-refractivity contribution in [3.63, 3.8) is 0 Å². The van der Waals surface area contributed by atoms with Gasteiger partial charge in [-0.15, -0.1) is 0 Å². The number of nitrogens with one attached hydrogen (secondary N) is 1. The minimum atomic E-state index is -0.442. The highest BCUT2D eigenvalue weighted by Crippen LogP contribution is 2.20. The third kappa shape index (κ3) is 4.96. The van der Waals surface area contributed by atoms with E-state index >= 15 is 0 Å². The topological polar surface area (TPSA) is 102 Å². The van der Waals surface area contributed by atoms with Crippen molar-refractivity contribution in [2.24, 2.45) is 5.10 Å². The molecule has 24 heavy (non-hydrogen) atoms. The first-order chi connectivity index (χ1) is 11.6. The smallest absolute Gasteiger partial charge is 0.267 e. The fourth-order valence-electron chi connectivity index (χ4n) is 2.00. The maximum Gasteiger partial charge on any atom is 0.267 e. The standard InChI is InChI=1S/C18H18N2O4/c21-9-8-14(10-13-4-2-1-3-5-13)18(24)20-19-12-15-6-7-16(22)11-17(15)23/h1-7,10-12,21-23H,8-9H2,(H,20,24)/b14-10+,19-12-. The second kappa shape index (κ2) is 8.50. The zero-order valence-electron chi connectivity index (χ0n) is 12.9. The number of phenolic OH excluding ortho intramolecular Hbond substituents is 2. The van der Waals surface area contributed by atoms with Gasteiger partial charge in [-0.25, -0.2) is 5.43 Å². The lowest BCUT2D eigenvalue weighted by atomic mass is 10.1. The fraction of sp³-hybridized carbons (Fsp3) is 0.111. The summed E-state index contributed by atoms with van der Waals surface area (Å²) in [7, 11) is 0. The Morgan fingerprint density at radius 3 is 2.54 bits per heavy atom. The molecule has 2 rings (SSSR count). The van der Waals surface area contributed by atoms with Crippen LogP contribution in [0.3, 0.4) is 0 Å². The van der Waals surface area contributed by atoms with Gasteiger partial charge in [0, 0.05) is 30.2 Å². The molecule has 2 aromatic rings. The van der Waals surface area contributed by atoms with Crippen LogP contribution in [-0.2, 0) is 4.79 Å². The summed E-state index contributed by atoms with van der Waals surface area (Å²) < 4.78 is 0. The van der Waals surface area contributed by atoms with Crippen molar-refractivity contribution in [2.45, 2.75) is 6.42 Å². The molecule has 6 heteroatoms. The van der Waals surface area contributed by atoms with Crippen LogP contribution in [0.5, 0.6) is 11.5 Å². The number of carbonyl (C=O) groups excluding carboxylic acids is 1. The van der Waals surface area contributed by atoms with Crippen LogP contribution in [0.2, 0.25) is 0 Å². The minimum Gasteiger partial charge on any atom is -0.508 e. The third-order valence-corrected chi connectivity index (χ3v) is 3.20. The summed E-state index contributed by atoms with van der Waals surface area (Å²) in [6, 6.07) is 13.3. The number of hydrazone groups is 1. The Balaban J connectivity index is 2.08. The lowest BCUT2D eigenvalue weighted by molar-refractivity contribution is -0.117. The molecular formula is C18H18N2O4. The molecule has 124 valence electrons. The van der Waals surface area contributed by atoms with E-state index in [1.165, 1.54) is 24.4 Å². The number of hydrogen-bond donors (Lipinski definition) is 4. The van der Waals surface area contributed by atoms with Gasteiger partial charge in [-0.05, 0) is 23.8 Å². The highest BCUT2D eigenvalue weighted by atomic mass is 16.3. The minimum absolute atomic E-state index is 0.0651. The van der Waals surface area contributed by atoms with E-state index in [4.69, 9.17) is 5.11 Å². The van der Waals surface area contributed by atoms with Gasteiger partial charge in [0.25, 0.3) is 5.91 Å². The molecule has 6 nitrogen and oxygen atoms in total. The Kier molecular flexibility index (Phi) is 6.10. The molecule has 0 saturated heterocycles. The summed E-state index contributed by atoms with van der Waals surface area (Å²) in [6.07, 6.45) is 3.14. The predicted octanol–water partition coefficient (Wildman–Crippen LogP) is 2.01. The second-order valence-electron chi connectivity index (χ2n) is 5.00. The molecule has 0 radical (unpaired) electrons. The predicted molar refractivity (Wildman–Crippen MR) is 91.6 cm³/mol. The summed E-state index contributed by atoms with van der Waals surface area (Å²) in [4.78, 5) is 12.2. The van der Waals surface area contributed by atoms with Gasteiger partial charge in [-0.2, -0.15) is 5.10 Å². The molecule has 2 aromatic carbocycles. The Hall–Kier alpha value is -3.12. The number of benzene rings is 2. The number of amides is 1. The summed E-state index contributed by atoms with van der Waals surface area (Å²) in [5, 5.41) is 31.8. The number of phenols is 2. The molecule has 0 heterocycles. The average Bonchev–Trinajstić information content (AvgIpc) is 2.57. The van der Waals surface area contributed by atoms with Crippen LogP contribution in [-0.4, -0.2) is 34.0 Å². The van der Waals surface area contributed by atoms with Gasteiger partial charge < -0.3 is 15.3 Å². The van der Waals surface area contributed by atoms with Gasteiger partial charge >= 0.3 is 0 Å². The number of aliphatic hydroxyl groups excluding tert-OH is 1. The van der Waals surface area contributed by atoms with E-state index in [1.54, 1.807) is 6.08 Å². The molecule has 0 aliphatic carbocycles. The molecule has 4 N–H and O–H groups in total. The highest BCUT2D eigenvalue weighted by Gasteiger charge is 2.08. The SMILES string of the molecule is O=C(N/N=C\c1ccc(O)cc1O)/C(=C/c1ccccc1)CCO. The van der Waals surface area contributed by atoms with Crippen LogP contribution < -0.4 is 5.43 Å². The summed E-state index contributed by atoms with van der Waals surface area (Å²) in [6.45, 7) is -0.158. The Morgan fingerprint density at radius 1 is 1.12 bits per heavy atom. The van der Waals surface area contributed by atoms with Crippen molar-refractivity contribution in [2.75, 3.05) is 6.61 Å². The monoisotopic (exact) mass is 326 g/mol.